The third kappa shape index (κ3) is 4.46. The van der Waals surface area contributed by atoms with Gasteiger partial charge in [-0.15, -0.1) is 0 Å². The molecule has 3 aromatic rings. The van der Waals surface area contributed by atoms with Crippen molar-refractivity contribution in [3.05, 3.63) is 82.9 Å². The number of fused-ring (bicyclic) bond motifs is 1. The summed E-state index contributed by atoms with van der Waals surface area (Å²) in [7, 11) is 0. The average molecular weight is 352 g/mol. The van der Waals surface area contributed by atoms with Gasteiger partial charge in [-0.05, 0) is 28.5 Å². The summed E-state index contributed by atoms with van der Waals surface area (Å²) in [6.45, 7) is 0.364. The maximum absolute atomic E-state index is 12.3. The molecule has 3 aromatic carbocycles. The van der Waals surface area contributed by atoms with E-state index in [1.165, 1.54) is 0 Å². The van der Waals surface area contributed by atoms with E-state index in [1.54, 1.807) is 6.07 Å². The lowest BCUT2D eigenvalue weighted by Gasteiger charge is -2.07. The number of ketones is 1. The summed E-state index contributed by atoms with van der Waals surface area (Å²) in [4.78, 5) is 24.3. The highest BCUT2D eigenvalue weighted by Gasteiger charge is 2.10. The highest BCUT2D eigenvalue weighted by Crippen LogP contribution is 2.17. The number of nitrogens with one attached hydrogen (secondary N) is 1. The Morgan fingerprint density at radius 2 is 1.56 bits per heavy atom. The number of Topliss-reactive ketones (excluding diaryl/α,β-unsaturated/α-hetero) is 1. The number of hydrogen-bond donors (Lipinski definition) is 1. The first-order chi connectivity index (χ1) is 12.1. The van der Waals surface area contributed by atoms with E-state index in [1.807, 2.05) is 60.7 Å². The van der Waals surface area contributed by atoms with E-state index in [0.717, 1.165) is 16.3 Å². The number of carbonyl (C=O) groups is 2. The molecular formula is C21H18ClNO2. The third-order valence-corrected chi connectivity index (χ3v) is 4.45. The Bertz CT molecular complexity index is 920. The van der Waals surface area contributed by atoms with Crippen molar-refractivity contribution in [2.24, 2.45) is 0 Å². The van der Waals surface area contributed by atoms with Crippen LogP contribution in [0.4, 0.5) is 0 Å². The van der Waals surface area contributed by atoms with Crippen molar-refractivity contribution in [2.75, 3.05) is 0 Å². The van der Waals surface area contributed by atoms with Crippen LogP contribution in [0.25, 0.3) is 10.8 Å². The molecular weight excluding hydrogens is 334 g/mol. The van der Waals surface area contributed by atoms with E-state index in [9.17, 15) is 9.59 Å². The molecule has 0 aromatic heterocycles. The second kappa shape index (κ2) is 7.95. The van der Waals surface area contributed by atoms with Crippen molar-refractivity contribution >= 4 is 34.1 Å². The molecule has 1 N–H and O–H groups in total. The summed E-state index contributed by atoms with van der Waals surface area (Å²) in [5, 5.41) is 5.54. The van der Waals surface area contributed by atoms with Gasteiger partial charge < -0.3 is 5.32 Å². The molecule has 0 unspecified atom stereocenters. The predicted molar refractivity (Wildman–Crippen MR) is 101 cm³/mol. The summed E-state index contributed by atoms with van der Waals surface area (Å²) in [6.07, 6.45) is 0.350. The maximum atomic E-state index is 12.3. The topological polar surface area (TPSA) is 46.2 Å². The zero-order valence-corrected chi connectivity index (χ0v) is 14.4. The van der Waals surface area contributed by atoms with Gasteiger partial charge in [-0.2, -0.15) is 0 Å². The molecule has 0 spiro atoms. The molecule has 0 aliphatic heterocycles. The first-order valence-electron chi connectivity index (χ1n) is 8.15. The Kier molecular flexibility index (Phi) is 5.46. The number of hydrogen-bond acceptors (Lipinski definition) is 2. The second-order valence-corrected chi connectivity index (χ2v) is 6.26. The standard InChI is InChI=1S/C21H18ClNO2/c22-19-8-4-3-7-18(19)14-23-21(25)12-11-20(24)17-10-9-15-5-1-2-6-16(15)13-17/h1-10,13H,11-12,14H2,(H,23,25). The lowest BCUT2D eigenvalue weighted by Crippen LogP contribution is -2.23. The molecule has 0 aliphatic carbocycles. The molecule has 126 valence electrons. The molecule has 1 amide bonds. The van der Waals surface area contributed by atoms with Crippen molar-refractivity contribution in [1.29, 1.82) is 0 Å². The van der Waals surface area contributed by atoms with Gasteiger partial charge in [0.15, 0.2) is 5.78 Å². The second-order valence-electron chi connectivity index (χ2n) is 5.85. The number of carbonyl (C=O) groups excluding carboxylic acids is 2. The Morgan fingerprint density at radius 1 is 0.840 bits per heavy atom. The minimum Gasteiger partial charge on any atom is -0.352 e. The molecule has 0 atom stereocenters. The maximum Gasteiger partial charge on any atom is 0.220 e. The molecule has 4 heteroatoms. The number of amides is 1. The Hall–Kier alpha value is -2.65. The van der Waals surface area contributed by atoms with E-state index < -0.39 is 0 Å². The van der Waals surface area contributed by atoms with Gasteiger partial charge in [-0.3, -0.25) is 9.59 Å². The fraction of sp³-hybridized carbons (Fsp3) is 0.143. The zero-order valence-electron chi connectivity index (χ0n) is 13.7. The van der Waals surface area contributed by atoms with Gasteiger partial charge in [0.05, 0.1) is 0 Å². The van der Waals surface area contributed by atoms with Crippen molar-refractivity contribution in [3.63, 3.8) is 0 Å². The van der Waals surface area contributed by atoms with Crippen LogP contribution in [0.3, 0.4) is 0 Å². The van der Waals surface area contributed by atoms with Gasteiger partial charge in [-0.1, -0.05) is 66.2 Å². The molecule has 0 heterocycles. The predicted octanol–water partition coefficient (Wildman–Crippen LogP) is 4.77. The van der Waals surface area contributed by atoms with E-state index >= 15 is 0 Å². The van der Waals surface area contributed by atoms with Crippen LogP contribution in [-0.4, -0.2) is 11.7 Å². The number of rotatable bonds is 6. The van der Waals surface area contributed by atoms with Crippen molar-refractivity contribution < 1.29 is 9.59 Å². The fourth-order valence-corrected chi connectivity index (χ4v) is 2.86. The zero-order chi connectivity index (χ0) is 17.6. The van der Waals surface area contributed by atoms with E-state index in [2.05, 4.69) is 5.32 Å². The van der Waals surface area contributed by atoms with Crippen molar-refractivity contribution in [3.8, 4) is 0 Å². The third-order valence-electron chi connectivity index (χ3n) is 4.08. The summed E-state index contributed by atoms with van der Waals surface area (Å²) in [5.74, 6) is -0.187. The van der Waals surface area contributed by atoms with Gasteiger partial charge in [0.1, 0.15) is 0 Å². The summed E-state index contributed by atoms with van der Waals surface area (Å²) >= 11 is 6.06. The summed E-state index contributed by atoms with van der Waals surface area (Å²) < 4.78 is 0. The van der Waals surface area contributed by atoms with Crippen LogP contribution in [0.2, 0.25) is 5.02 Å². The van der Waals surface area contributed by atoms with E-state index in [4.69, 9.17) is 11.6 Å². The highest BCUT2D eigenvalue weighted by atomic mass is 35.5. The number of benzene rings is 3. The van der Waals surface area contributed by atoms with Crippen LogP contribution >= 0.6 is 11.6 Å². The SMILES string of the molecule is O=C(CCC(=O)c1ccc2ccccc2c1)NCc1ccccc1Cl. The van der Waals surface area contributed by atoms with Gasteiger partial charge >= 0.3 is 0 Å². The molecule has 0 aliphatic rings. The lowest BCUT2D eigenvalue weighted by molar-refractivity contribution is -0.121. The molecule has 0 saturated heterocycles. The van der Waals surface area contributed by atoms with Crippen LogP contribution in [0.5, 0.6) is 0 Å². The molecule has 3 rings (SSSR count). The summed E-state index contributed by atoms with van der Waals surface area (Å²) in [6, 6.07) is 20.9. The first kappa shape index (κ1) is 17.2. The Morgan fingerprint density at radius 3 is 2.36 bits per heavy atom. The fourth-order valence-electron chi connectivity index (χ4n) is 2.66. The molecule has 0 saturated carbocycles. The van der Waals surface area contributed by atoms with Crippen molar-refractivity contribution in [2.45, 2.75) is 19.4 Å². The molecule has 0 bridgehead atoms. The first-order valence-corrected chi connectivity index (χ1v) is 8.53. The van der Waals surface area contributed by atoms with Crippen LogP contribution < -0.4 is 5.32 Å². The Balaban J connectivity index is 1.54. The van der Waals surface area contributed by atoms with Crippen LogP contribution in [0, 0.1) is 0 Å². The molecule has 3 nitrogen and oxygen atoms in total. The van der Waals surface area contributed by atoms with Crippen molar-refractivity contribution in [1.82, 2.24) is 5.32 Å². The Labute approximate surface area is 151 Å². The largest absolute Gasteiger partial charge is 0.352 e. The summed E-state index contributed by atoms with van der Waals surface area (Å²) in [5.41, 5.74) is 1.50. The van der Waals surface area contributed by atoms with Gasteiger partial charge in [-0.25, -0.2) is 0 Å². The minimum absolute atomic E-state index is 0.0290. The van der Waals surface area contributed by atoms with Crippen LogP contribution in [0.15, 0.2) is 66.7 Å². The highest BCUT2D eigenvalue weighted by molar-refractivity contribution is 6.31. The lowest BCUT2D eigenvalue weighted by atomic mass is 10.0. The van der Waals surface area contributed by atoms with Gasteiger partial charge in [0.2, 0.25) is 5.91 Å². The molecule has 0 radical (unpaired) electrons. The molecule has 25 heavy (non-hydrogen) atoms. The monoisotopic (exact) mass is 351 g/mol. The average Bonchev–Trinajstić information content (AvgIpc) is 2.65. The van der Waals surface area contributed by atoms with Gasteiger partial charge in [0, 0.05) is 30.0 Å². The van der Waals surface area contributed by atoms with Gasteiger partial charge in [0.25, 0.3) is 0 Å². The smallest absolute Gasteiger partial charge is 0.220 e. The van der Waals surface area contributed by atoms with E-state index in [0.29, 0.717) is 17.1 Å². The normalized spacial score (nSPS) is 10.6. The van der Waals surface area contributed by atoms with Crippen LogP contribution in [0.1, 0.15) is 28.8 Å². The van der Waals surface area contributed by atoms with E-state index in [-0.39, 0.29) is 24.5 Å². The number of halogens is 1. The quantitative estimate of drug-likeness (QED) is 0.650. The van der Waals surface area contributed by atoms with Crippen LogP contribution in [-0.2, 0) is 11.3 Å². The molecule has 0 fully saturated rings. The minimum atomic E-state index is -0.158.